The highest BCUT2D eigenvalue weighted by Crippen LogP contribution is 2.41. The molecule has 0 bridgehead atoms. The van der Waals surface area contributed by atoms with Gasteiger partial charge in [0.1, 0.15) is 5.75 Å². The lowest BCUT2D eigenvalue weighted by Gasteiger charge is -2.30. The van der Waals surface area contributed by atoms with Gasteiger partial charge in [-0.25, -0.2) is 13.2 Å². The average molecular weight is 475 g/mol. The van der Waals surface area contributed by atoms with Gasteiger partial charge in [0.15, 0.2) is 23.9 Å². The molecule has 2 aromatic rings. The van der Waals surface area contributed by atoms with Gasteiger partial charge in [-0.2, -0.15) is 4.39 Å². The molecular weight excluding hydrogens is 444 g/mol. The Hall–Kier alpha value is -2.76. The van der Waals surface area contributed by atoms with E-state index >= 15 is 0 Å². The van der Waals surface area contributed by atoms with Crippen LogP contribution >= 0.6 is 0 Å². The summed E-state index contributed by atoms with van der Waals surface area (Å²) in [5, 5.41) is 0. The fourth-order valence-corrected chi connectivity index (χ4v) is 5.14. The molecule has 1 saturated carbocycles. The van der Waals surface area contributed by atoms with Crippen molar-refractivity contribution in [2.45, 2.75) is 56.8 Å². The van der Waals surface area contributed by atoms with Crippen LogP contribution in [0.25, 0.3) is 5.57 Å². The largest absolute Gasteiger partial charge is 0.497 e. The van der Waals surface area contributed by atoms with Crippen molar-refractivity contribution < 1.29 is 27.0 Å². The summed E-state index contributed by atoms with van der Waals surface area (Å²) >= 11 is 0. The number of hydrogen-bond acceptors (Lipinski definition) is 2. The number of benzene rings is 2. The minimum absolute atomic E-state index is 0.0373. The Labute approximate surface area is 198 Å². The monoisotopic (exact) mass is 474 g/mol. The SMILES string of the molecule is COc1ccc(C2=CC=C(CCC3CCC(c4ccc(OC)c(F)c4F)CC3)C(F)C2F)cc1. The van der Waals surface area contributed by atoms with Crippen molar-refractivity contribution in [2.24, 2.45) is 5.92 Å². The van der Waals surface area contributed by atoms with Gasteiger partial charge in [-0.3, -0.25) is 0 Å². The van der Waals surface area contributed by atoms with E-state index in [1.165, 1.54) is 13.2 Å². The van der Waals surface area contributed by atoms with Crippen molar-refractivity contribution in [1.82, 2.24) is 0 Å². The molecule has 2 nitrogen and oxygen atoms in total. The van der Waals surface area contributed by atoms with Crippen LogP contribution in [0.3, 0.4) is 0 Å². The van der Waals surface area contributed by atoms with Crippen molar-refractivity contribution >= 4 is 5.57 Å². The van der Waals surface area contributed by atoms with E-state index in [4.69, 9.17) is 9.47 Å². The molecular formula is C28H30F4O2. The van der Waals surface area contributed by atoms with Crippen LogP contribution in [0.15, 0.2) is 54.1 Å². The summed E-state index contributed by atoms with van der Waals surface area (Å²) in [6, 6.07) is 10.0. The van der Waals surface area contributed by atoms with Crippen LogP contribution in [-0.4, -0.2) is 26.6 Å². The Bertz CT molecular complexity index is 1050. The van der Waals surface area contributed by atoms with Gasteiger partial charge in [0.25, 0.3) is 0 Å². The minimum Gasteiger partial charge on any atom is -0.497 e. The fraction of sp³-hybridized carbons (Fsp3) is 0.429. The zero-order valence-electron chi connectivity index (χ0n) is 19.5. The standard InChI is InChI=1S/C28H30F4O2/c1-33-21-12-9-19(10-13-21)22-14-11-20(25(29)26(22)30)8-5-17-3-6-18(7-4-17)23-15-16-24(34-2)28(32)27(23)31/h9-18,25-26H,3-8H2,1-2H3. The Kier molecular flexibility index (Phi) is 7.64. The van der Waals surface area contributed by atoms with Crippen molar-refractivity contribution in [3.05, 3.63) is 76.9 Å². The molecule has 0 N–H and O–H groups in total. The van der Waals surface area contributed by atoms with E-state index in [0.717, 1.165) is 32.1 Å². The Morgan fingerprint density at radius 2 is 1.50 bits per heavy atom. The van der Waals surface area contributed by atoms with E-state index in [2.05, 4.69) is 0 Å². The van der Waals surface area contributed by atoms with Crippen LogP contribution in [-0.2, 0) is 0 Å². The third-order valence-electron chi connectivity index (χ3n) is 7.23. The third-order valence-corrected chi connectivity index (χ3v) is 7.23. The topological polar surface area (TPSA) is 18.5 Å². The summed E-state index contributed by atoms with van der Waals surface area (Å²) in [6.07, 6.45) is 4.49. The van der Waals surface area contributed by atoms with Crippen LogP contribution in [0.5, 0.6) is 11.5 Å². The van der Waals surface area contributed by atoms with E-state index in [0.29, 0.717) is 40.4 Å². The van der Waals surface area contributed by atoms with Crippen molar-refractivity contribution in [3.8, 4) is 11.5 Å². The van der Waals surface area contributed by atoms with Crippen molar-refractivity contribution in [2.75, 3.05) is 14.2 Å². The molecule has 2 atom stereocenters. The Balaban J connectivity index is 1.34. The number of methoxy groups -OCH3 is 2. The summed E-state index contributed by atoms with van der Waals surface area (Å²) in [4.78, 5) is 0. The smallest absolute Gasteiger partial charge is 0.200 e. The highest BCUT2D eigenvalue weighted by molar-refractivity contribution is 5.73. The number of halogens is 4. The van der Waals surface area contributed by atoms with Crippen molar-refractivity contribution in [3.63, 3.8) is 0 Å². The second-order valence-corrected chi connectivity index (χ2v) is 9.14. The van der Waals surface area contributed by atoms with Gasteiger partial charge < -0.3 is 9.47 Å². The van der Waals surface area contributed by atoms with E-state index in [1.807, 2.05) is 0 Å². The normalized spacial score (nSPS) is 24.9. The molecule has 0 heterocycles. The molecule has 4 rings (SSSR count). The first kappa shape index (κ1) is 24.4. The summed E-state index contributed by atoms with van der Waals surface area (Å²) in [7, 11) is 2.87. The number of hydrogen-bond donors (Lipinski definition) is 0. The molecule has 0 saturated heterocycles. The first-order valence-electron chi connectivity index (χ1n) is 11.8. The van der Waals surface area contributed by atoms with E-state index in [9.17, 15) is 17.6 Å². The second kappa shape index (κ2) is 10.7. The molecule has 182 valence electrons. The summed E-state index contributed by atoms with van der Waals surface area (Å²) < 4.78 is 68.3. The molecule has 0 aromatic heterocycles. The van der Waals surface area contributed by atoms with Gasteiger partial charge in [-0.05, 0) is 90.8 Å². The molecule has 6 heteroatoms. The maximum Gasteiger partial charge on any atom is 0.200 e. The van der Waals surface area contributed by atoms with Gasteiger partial charge in [0.05, 0.1) is 14.2 Å². The quantitative estimate of drug-likeness (QED) is 0.382. The number of ether oxygens (including phenoxy) is 2. The summed E-state index contributed by atoms with van der Waals surface area (Å²) in [5.41, 5.74) is 1.86. The minimum atomic E-state index is -1.70. The summed E-state index contributed by atoms with van der Waals surface area (Å²) in [5.74, 6) is -0.873. The van der Waals surface area contributed by atoms with E-state index < -0.39 is 24.0 Å². The van der Waals surface area contributed by atoms with Crippen molar-refractivity contribution in [1.29, 1.82) is 0 Å². The number of alkyl halides is 2. The highest BCUT2D eigenvalue weighted by Gasteiger charge is 2.32. The van der Waals surface area contributed by atoms with Crippen LogP contribution in [0.4, 0.5) is 17.6 Å². The van der Waals surface area contributed by atoms with Gasteiger partial charge in [0, 0.05) is 0 Å². The fourth-order valence-electron chi connectivity index (χ4n) is 5.14. The number of rotatable bonds is 7. The molecule has 2 aromatic carbocycles. The van der Waals surface area contributed by atoms with Crippen LogP contribution in [0.1, 0.15) is 55.6 Å². The molecule has 34 heavy (non-hydrogen) atoms. The summed E-state index contributed by atoms with van der Waals surface area (Å²) in [6.45, 7) is 0. The molecule has 1 fully saturated rings. The molecule has 0 spiro atoms. The molecule has 2 unspecified atom stereocenters. The lowest BCUT2D eigenvalue weighted by Crippen LogP contribution is -2.24. The maximum atomic E-state index is 14.9. The zero-order valence-corrected chi connectivity index (χ0v) is 19.5. The third kappa shape index (κ3) is 5.01. The van der Waals surface area contributed by atoms with Gasteiger partial charge in [0.2, 0.25) is 5.82 Å². The van der Waals surface area contributed by atoms with E-state index in [1.54, 1.807) is 49.6 Å². The van der Waals surface area contributed by atoms with Crippen LogP contribution in [0.2, 0.25) is 0 Å². The van der Waals surface area contributed by atoms with E-state index in [-0.39, 0.29) is 11.7 Å². The first-order valence-corrected chi connectivity index (χ1v) is 11.8. The Morgan fingerprint density at radius 1 is 0.794 bits per heavy atom. The highest BCUT2D eigenvalue weighted by atomic mass is 19.2. The zero-order chi connectivity index (χ0) is 24.2. The predicted molar refractivity (Wildman–Crippen MR) is 126 cm³/mol. The van der Waals surface area contributed by atoms with Gasteiger partial charge in [-0.15, -0.1) is 0 Å². The number of allylic oxidation sites excluding steroid dienone is 4. The predicted octanol–water partition coefficient (Wildman–Crippen LogP) is 7.74. The molecule has 2 aliphatic carbocycles. The molecule has 0 radical (unpaired) electrons. The molecule has 0 amide bonds. The Morgan fingerprint density at radius 3 is 2.15 bits per heavy atom. The average Bonchev–Trinajstić information content (AvgIpc) is 2.87. The second-order valence-electron chi connectivity index (χ2n) is 9.14. The van der Waals surface area contributed by atoms with Crippen LogP contribution in [0, 0.1) is 17.6 Å². The lowest BCUT2D eigenvalue weighted by molar-refractivity contribution is 0.232. The maximum absolute atomic E-state index is 14.9. The molecule has 0 aliphatic heterocycles. The first-order chi connectivity index (χ1) is 16.4. The van der Waals surface area contributed by atoms with Gasteiger partial charge >= 0.3 is 0 Å². The lowest BCUT2D eigenvalue weighted by atomic mass is 9.76. The van der Waals surface area contributed by atoms with Crippen LogP contribution < -0.4 is 9.47 Å². The molecule has 2 aliphatic rings. The van der Waals surface area contributed by atoms with Gasteiger partial charge in [-0.1, -0.05) is 30.4 Å².